The third kappa shape index (κ3) is 3.92. The van der Waals surface area contributed by atoms with Gasteiger partial charge in [0.05, 0.1) is 11.7 Å². The Morgan fingerprint density at radius 2 is 1.96 bits per heavy atom. The van der Waals surface area contributed by atoms with Crippen molar-refractivity contribution in [3.8, 4) is 0 Å². The van der Waals surface area contributed by atoms with Gasteiger partial charge in [0, 0.05) is 23.9 Å². The molecular weight excluding hydrogens is 390 g/mol. The SMILES string of the molecule is Cc1nc(N[C@H](C)c2cccc(C(C)(F)F)c2)c2cc(Br)ncc2n1. The van der Waals surface area contributed by atoms with Crippen molar-refractivity contribution in [2.75, 3.05) is 5.32 Å². The van der Waals surface area contributed by atoms with Gasteiger partial charge in [-0.15, -0.1) is 0 Å². The first-order valence-electron chi connectivity index (χ1n) is 7.79. The molecule has 130 valence electrons. The van der Waals surface area contributed by atoms with Crippen molar-refractivity contribution in [2.45, 2.75) is 32.7 Å². The molecule has 0 radical (unpaired) electrons. The summed E-state index contributed by atoms with van der Waals surface area (Å²) in [5.41, 5.74) is 1.48. The number of pyridine rings is 1. The minimum atomic E-state index is -2.87. The van der Waals surface area contributed by atoms with Crippen LogP contribution in [-0.2, 0) is 5.92 Å². The van der Waals surface area contributed by atoms with E-state index < -0.39 is 5.92 Å². The highest BCUT2D eigenvalue weighted by molar-refractivity contribution is 9.10. The van der Waals surface area contributed by atoms with Gasteiger partial charge in [-0.25, -0.2) is 23.7 Å². The first-order valence-corrected chi connectivity index (χ1v) is 8.58. The molecule has 2 aromatic heterocycles. The van der Waals surface area contributed by atoms with Crippen LogP contribution in [0.4, 0.5) is 14.6 Å². The van der Waals surface area contributed by atoms with E-state index in [4.69, 9.17) is 0 Å². The monoisotopic (exact) mass is 406 g/mol. The molecule has 0 saturated carbocycles. The Bertz CT molecular complexity index is 925. The molecule has 0 spiro atoms. The Labute approximate surface area is 152 Å². The predicted molar refractivity (Wildman–Crippen MR) is 97.8 cm³/mol. The summed E-state index contributed by atoms with van der Waals surface area (Å²) in [6.45, 7) is 4.61. The zero-order chi connectivity index (χ0) is 18.2. The van der Waals surface area contributed by atoms with Crippen molar-refractivity contribution in [3.63, 3.8) is 0 Å². The Morgan fingerprint density at radius 3 is 2.68 bits per heavy atom. The number of rotatable bonds is 4. The fourth-order valence-corrected chi connectivity index (χ4v) is 2.93. The molecule has 4 nitrogen and oxygen atoms in total. The standard InChI is InChI=1S/C18H17BrF2N4/c1-10(12-5-4-6-13(7-12)18(3,20)21)23-17-14-8-16(19)22-9-15(14)24-11(2)25-17/h4-10H,1-3H3,(H,23,24,25)/t10-/m1/s1. The van der Waals surface area contributed by atoms with Gasteiger partial charge in [-0.1, -0.05) is 18.2 Å². The molecule has 7 heteroatoms. The van der Waals surface area contributed by atoms with Gasteiger partial charge >= 0.3 is 0 Å². The average molecular weight is 407 g/mol. The maximum Gasteiger partial charge on any atom is 0.270 e. The van der Waals surface area contributed by atoms with Crippen molar-refractivity contribution in [2.24, 2.45) is 0 Å². The Kier molecular flexibility index (Phi) is 4.69. The number of benzene rings is 1. The van der Waals surface area contributed by atoms with E-state index in [-0.39, 0.29) is 11.6 Å². The van der Waals surface area contributed by atoms with E-state index in [0.29, 0.717) is 16.2 Å². The van der Waals surface area contributed by atoms with E-state index in [1.807, 2.05) is 19.1 Å². The lowest BCUT2D eigenvalue weighted by Crippen LogP contribution is -2.12. The minimum Gasteiger partial charge on any atom is -0.363 e. The highest BCUT2D eigenvalue weighted by Gasteiger charge is 2.24. The van der Waals surface area contributed by atoms with Gasteiger partial charge in [0.15, 0.2) is 0 Å². The van der Waals surface area contributed by atoms with Crippen molar-refractivity contribution >= 4 is 32.7 Å². The molecule has 25 heavy (non-hydrogen) atoms. The smallest absolute Gasteiger partial charge is 0.270 e. The van der Waals surface area contributed by atoms with Crippen LogP contribution in [0.5, 0.6) is 0 Å². The number of aromatic nitrogens is 3. The average Bonchev–Trinajstić information content (AvgIpc) is 2.55. The van der Waals surface area contributed by atoms with Crippen LogP contribution >= 0.6 is 15.9 Å². The third-order valence-corrected chi connectivity index (χ3v) is 4.34. The molecule has 2 heterocycles. The van der Waals surface area contributed by atoms with Gasteiger partial charge in [0.25, 0.3) is 5.92 Å². The van der Waals surface area contributed by atoms with Gasteiger partial charge in [0.1, 0.15) is 16.2 Å². The zero-order valence-electron chi connectivity index (χ0n) is 14.0. The molecule has 0 amide bonds. The molecule has 1 atom stereocenters. The number of fused-ring (bicyclic) bond motifs is 1. The molecule has 0 fully saturated rings. The first kappa shape index (κ1) is 17.7. The number of hydrogen-bond donors (Lipinski definition) is 1. The molecule has 1 N–H and O–H groups in total. The van der Waals surface area contributed by atoms with Gasteiger partial charge < -0.3 is 5.32 Å². The van der Waals surface area contributed by atoms with Crippen LogP contribution in [-0.4, -0.2) is 15.0 Å². The summed E-state index contributed by atoms with van der Waals surface area (Å²) in [4.78, 5) is 13.0. The van der Waals surface area contributed by atoms with Crippen molar-refractivity contribution in [1.29, 1.82) is 0 Å². The number of anilines is 1. The number of aryl methyl sites for hydroxylation is 1. The van der Waals surface area contributed by atoms with Crippen molar-refractivity contribution in [1.82, 2.24) is 15.0 Å². The van der Waals surface area contributed by atoms with Crippen LogP contribution in [0.2, 0.25) is 0 Å². The number of hydrogen-bond acceptors (Lipinski definition) is 4. The molecule has 0 aliphatic rings. The van der Waals surface area contributed by atoms with E-state index in [1.54, 1.807) is 19.2 Å². The van der Waals surface area contributed by atoms with E-state index >= 15 is 0 Å². The highest BCUT2D eigenvalue weighted by Crippen LogP contribution is 2.30. The summed E-state index contributed by atoms with van der Waals surface area (Å²) in [6.07, 6.45) is 1.67. The lowest BCUT2D eigenvalue weighted by molar-refractivity contribution is 0.0174. The summed E-state index contributed by atoms with van der Waals surface area (Å²) >= 11 is 3.35. The van der Waals surface area contributed by atoms with Crippen LogP contribution in [0.3, 0.4) is 0 Å². The summed E-state index contributed by atoms with van der Waals surface area (Å²) in [5.74, 6) is -1.61. The molecule has 0 aliphatic carbocycles. The van der Waals surface area contributed by atoms with Crippen LogP contribution in [0, 0.1) is 6.92 Å². The second-order valence-electron chi connectivity index (χ2n) is 6.02. The summed E-state index contributed by atoms with van der Waals surface area (Å²) in [7, 11) is 0. The molecule has 0 unspecified atom stereocenters. The van der Waals surface area contributed by atoms with E-state index in [2.05, 4.69) is 36.2 Å². The lowest BCUT2D eigenvalue weighted by atomic mass is 10.0. The predicted octanol–water partition coefficient (Wildman–Crippen LogP) is 5.38. The Balaban J connectivity index is 1.97. The van der Waals surface area contributed by atoms with E-state index in [9.17, 15) is 8.78 Å². The van der Waals surface area contributed by atoms with Gasteiger partial charge in [0.2, 0.25) is 0 Å². The Hall–Kier alpha value is -2.15. The van der Waals surface area contributed by atoms with Crippen LogP contribution in [0.25, 0.3) is 10.9 Å². The fraction of sp³-hybridized carbons (Fsp3) is 0.278. The topological polar surface area (TPSA) is 50.7 Å². The summed E-state index contributed by atoms with van der Waals surface area (Å²) in [5, 5.41) is 4.12. The molecule has 1 aromatic carbocycles. The van der Waals surface area contributed by atoms with Crippen LogP contribution in [0.1, 0.15) is 36.8 Å². The second kappa shape index (κ2) is 6.63. The van der Waals surface area contributed by atoms with E-state index in [0.717, 1.165) is 23.4 Å². The Morgan fingerprint density at radius 1 is 1.20 bits per heavy atom. The summed E-state index contributed by atoms with van der Waals surface area (Å²) in [6, 6.07) is 8.05. The normalized spacial score (nSPS) is 13.0. The van der Waals surface area contributed by atoms with Crippen molar-refractivity contribution < 1.29 is 8.78 Å². The fourth-order valence-electron chi connectivity index (χ4n) is 2.60. The highest BCUT2D eigenvalue weighted by atomic mass is 79.9. The molecule has 0 aliphatic heterocycles. The number of halogens is 3. The number of nitrogens with one attached hydrogen (secondary N) is 1. The minimum absolute atomic E-state index is 0.00526. The van der Waals surface area contributed by atoms with Gasteiger partial charge in [-0.2, -0.15) is 0 Å². The van der Waals surface area contributed by atoms with Gasteiger partial charge in [-0.05, 0) is 47.5 Å². The van der Waals surface area contributed by atoms with Crippen molar-refractivity contribution in [3.05, 3.63) is 58.1 Å². The lowest BCUT2D eigenvalue weighted by Gasteiger charge is -2.19. The maximum absolute atomic E-state index is 13.6. The first-order chi connectivity index (χ1) is 11.7. The molecule has 3 rings (SSSR count). The van der Waals surface area contributed by atoms with E-state index in [1.165, 1.54) is 12.1 Å². The van der Waals surface area contributed by atoms with Gasteiger partial charge in [-0.3, -0.25) is 0 Å². The molecule has 3 aromatic rings. The second-order valence-corrected chi connectivity index (χ2v) is 6.84. The molecular formula is C18H17BrF2N4. The largest absolute Gasteiger partial charge is 0.363 e. The molecule has 0 saturated heterocycles. The third-order valence-electron chi connectivity index (χ3n) is 3.91. The zero-order valence-corrected chi connectivity index (χ0v) is 15.6. The maximum atomic E-state index is 13.6. The summed E-state index contributed by atoms with van der Waals surface area (Å²) < 4.78 is 27.8. The number of alkyl halides is 2. The quantitative estimate of drug-likeness (QED) is 0.590. The van der Waals surface area contributed by atoms with Crippen LogP contribution in [0.15, 0.2) is 41.1 Å². The van der Waals surface area contributed by atoms with Crippen LogP contribution < -0.4 is 5.32 Å². The number of nitrogens with zero attached hydrogens (tertiary/aromatic N) is 3. The molecule has 0 bridgehead atoms.